The zero-order valence-corrected chi connectivity index (χ0v) is 20.8. The van der Waals surface area contributed by atoms with Crippen molar-refractivity contribution in [3.05, 3.63) is 60.7 Å². The number of ether oxygens (including phenoxy) is 1. The first-order chi connectivity index (χ1) is 15.8. The highest BCUT2D eigenvalue weighted by molar-refractivity contribution is 7.14. The number of ketones is 1. The van der Waals surface area contributed by atoms with Crippen LogP contribution in [0.5, 0.6) is 0 Å². The van der Waals surface area contributed by atoms with Gasteiger partial charge in [-0.3, -0.25) is 14.5 Å². The van der Waals surface area contributed by atoms with Crippen LogP contribution in [0.1, 0.15) is 38.4 Å². The molecular weight excluding hydrogens is 485 g/mol. The van der Waals surface area contributed by atoms with E-state index in [-0.39, 0.29) is 5.57 Å². The topological polar surface area (TPSA) is 83.0 Å². The van der Waals surface area contributed by atoms with E-state index >= 15 is 0 Å². The lowest BCUT2D eigenvalue weighted by Crippen LogP contribution is -2.39. The first kappa shape index (κ1) is 24.2. The van der Waals surface area contributed by atoms with Crippen LogP contribution >= 0.6 is 34.5 Å². The van der Waals surface area contributed by atoms with Crippen LogP contribution in [0.2, 0.25) is 10.0 Å². The monoisotopic (exact) mass is 509 g/mol. The average molecular weight is 510 g/mol. The summed E-state index contributed by atoms with van der Waals surface area (Å²) >= 11 is 14.3. The molecule has 0 bridgehead atoms. The van der Waals surface area contributed by atoms with Crippen molar-refractivity contribution in [1.82, 2.24) is 14.8 Å². The van der Waals surface area contributed by atoms with Crippen molar-refractivity contribution in [3.8, 4) is 0 Å². The fourth-order valence-corrected chi connectivity index (χ4v) is 5.82. The van der Waals surface area contributed by atoms with E-state index in [1.807, 2.05) is 6.92 Å². The molecule has 1 amide bonds. The number of carbonyl (C=O) groups excluding carboxylic acids is 2. The molecule has 2 aromatic rings. The van der Waals surface area contributed by atoms with Gasteiger partial charge >= 0.3 is 0 Å². The Kier molecular flexibility index (Phi) is 7.40. The van der Waals surface area contributed by atoms with Crippen LogP contribution in [-0.4, -0.2) is 71.0 Å². The van der Waals surface area contributed by atoms with Gasteiger partial charge in [0.15, 0.2) is 5.76 Å². The van der Waals surface area contributed by atoms with Gasteiger partial charge in [-0.15, -0.1) is 11.3 Å². The molecule has 1 aromatic heterocycles. The molecule has 4 rings (SSSR count). The molecule has 1 aromatic carbocycles. The Morgan fingerprint density at radius 1 is 1.21 bits per heavy atom. The van der Waals surface area contributed by atoms with E-state index in [1.165, 1.54) is 16.2 Å². The highest BCUT2D eigenvalue weighted by Gasteiger charge is 2.45. The smallest absolute Gasteiger partial charge is 0.290 e. The minimum absolute atomic E-state index is 0.00637. The maximum atomic E-state index is 13.6. The Hall–Kier alpha value is -1.97. The molecule has 33 heavy (non-hydrogen) atoms. The predicted molar refractivity (Wildman–Crippen MR) is 128 cm³/mol. The Balaban J connectivity index is 1.69. The van der Waals surface area contributed by atoms with Crippen LogP contribution < -0.4 is 0 Å². The SMILES string of the molecule is Cc1nc(C)c(C(=O)C2=C(O)C(=O)N(CCCN3CCOCC3)C2c2c(Cl)cccc2Cl)s1. The summed E-state index contributed by atoms with van der Waals surface area (Å²) in [5, 5.41) is 12.2. The first-order valence-electron chi connectivity index (χ1n) is 10.8. The number of carbonyl (C=O) groups is 2. The van der Waals surface area contributed by atoms with Gasteiger partial charge in [-0.2, -0.15) is 0 Å². The average Bonchev–Trinajstić information content (AvgIpc) is 3.24. The Labute approximate surface area is 206 Å². The maximum Gasteiger partial charge on any atom is 0.290 e. The summed E-state index contributed by atoms with van der Waals surface area (Å²) in [4.78, 5) is 35.2. The second-order valence-corrected chi connectivity index (χ2v) is 10.1. The van der Waals surface area contributed by atoms with Crippen LogP contribution in [0.4, 0.5) is 0 Å². The molecule has 3 heterocycles. The highest BCUT2D eigenvalue weighted by Crippen LogP contribution is 2.45. The molecule has 7 nitrogen and oxygen atoms in total. The molecule has 1 N–H and O–H groups in total. The van der Waals surface area contributed by atoms with Gasteiger partial charge in [-0.05, 0) is 32.4 Å². The van der Waals surface area contributed by atoms with Crippen molar-refractivity contribution in [1.29, 1.82) is 0 Å². The minimum atomic E-state index is -0.877. The van der Waals surface area contributed by atoms with Crippen LogP contribution in [0.3, 0.4) is 0 Å². The molecule has 10 heteroatoms. The first-order valence-corrected chi connectivity index (χ1v) is 12.3. The fourth-order valence-electron chi connectivity index (χ4n) is 4.34. The highest BCUT2D eigenvalue weighted by atomic mass is 35.5. The van der Waals surface area contributed by atoms with Crippen molar-refractivity contribution in [2.75, 3.05) is 39.4 Å². The van der Waals surface area contributed by atoms with E-state index in [0.29, 0.717) is 52.4 Å². The molecular formula is C23H25Cl2N3O4S. The number of thiazole rings is 1. The van der Waals surface area contributed by atoms with E-state index < -0.39 is 23.5 Å². The second kappa shape index (κ2) is 10.1. The third kappa shape index (κ3) is 4.81. The number of halogens is 2. The van der Waals surface area contributed by atoms with E-state index in [4.69, 9.17) is 27.9 Å². The molecule has 2 aliphatic heterocycles. The third-order valence-electron chi connectivity index (χ3n) is 5.91. The fraction of sp³-hybridized carbons (Fsp3) is 0.435. The Morgan fingerprint density at radius 3 is 2.48 bits per heavy atom. The van der Waals surface area contributed by atoms with E-state index in [0.717, 1.165) is 24.6 Å². The molecule has 1 unspecified atom stereocenters. The van der Waals surface area contributed by atoms with Crippen molar-refractivity contribution in [3.63, 3.8) is 0 Å². The van der Waals surface area contributed by atoms with Crippen LogP contribution in [-0.2, 0) is 9.53 Å². The van der Waals surface area contributed by atoms with Crippen LogP contribution in [0.15, 0.2) is 29.5 Å². The van der Waals surface area contributed by atoms with Crippen LogP contribution in [0, 0.1) is 13.8 Å². The van der Waals surface area contributed by atoms with E-state index in [9.17, 15) is 14.7 Å². The standard InChI is InChI=1S/C23H25Cl2N3O4S/c1-13-22(33-14(2)26-13)20(29)18-19(17-15(24)5-3-6-16(17)25)28(23(31)21(18)30)8-4-7-27-9-11-32-12-10-27/h3,5-6,19,30H,4,7-12H2,1-2H3. The summed E-state index contributed by atoms with van der Waals surface area (Å²) in [6, 6.07) is 4.16. The summed E-state index contributed by atoms with van der Waals surface area (Å²) in [6.45, 7) is 7.71. The number of aromatic nitrogens is 1. The molecule has 1 atom stereocenters. The van der Waals surface area contributed by atoms with Crippen LogP contribution in [0.25, 0.3) is 0 Å². The summed E-state index contributed by atoms with van der Waals surface area (Å²) in [5.41, 5.74) is 0.991. The number of benzene rings is 1. The Morgan fingerprint density at radius 2 is 1.88 bits per heavy atom. The number of rotatable bonds is 7. The van der Waals surface area contributed by atoms with Gasteiger partial charge in [0.2, 0.25) is 5.78 Å². The normalized spacial score (nSPS) is 19.6. The number of hydrogen-bond donors (Lipinski definition) is 1. The maximum absolute atomic E-state index is 13.6. The summed E-state index contributed by atoms with van der Waals surface area (Å²) in [7, 11) is 0. The van der Waals surface area contributed by atoms with E-state index in [1.54, 1.807) is 25.1 Å². The van der Waals surface area contributed by atoms with Gasteiger partial charge in [-0.1, -0.05) is 29.3 Å². The van der Waals surface area contributed by atoms with Crippen molar-refractivity contribution in [2.45, 2.75) is 26.3 Å². The molecule has 1 saturated heterocycles. The summed E-state index contributed by atoms with van der Waals surface area (Å²) < 4.78 is 5.39. The number of aryl methyl sites for hydroxylation is 2. The second-order valence-electron chi connectivity index (χ2n) is 8.08. The van der Waals surface area contributed by atoms with Gasteiger partial charge in [0, 0.05) is 41.8 Å². The molecule has 2 aliphatic rings. The number of aliphatic hydroxyl groups excluding tert-OH is 1. The zero-order chi connectivity index (χ0) is 23.7. The van der Waals surface area contributed by atoms with Gasteiger partial charge in [0.05, 0.1) is 40.4 Å². The molecule has 0 aliphatic carbocycles. The lowest BCUT2D eigenvalue weighted by molar-refractivity contribution is -0.129. The molecule has 1 fully saturated rings. The Bertz CT molecular complexity index is 1090. The quantitative estimate of drug-likeness (QED) is 0.558. The van der Waals surface area contributed by atoms with Gasteiger partial charge in [0.25, 0.3) is 5.91 Å². The molecule has 0 spiro atoms. The third-order valence-corrected chi connectivity index (χ3v) is 7.64. The molecule has 0 saturated carbocycles. The predicted octanol–water partition coefficient (Wildman–Crippen LogP) is 4.37. The van der Waals surface area contributed by atoms with Crippen molar-refractivity contribution in [2.24, 2.45) is 0 Å². The lowest BCUT2D eigenvalue weighted by atomic mass is 9.94. The van der Waals surface area contributed by atoms with Gasteiger partial charge in [-0.25, -0.2) is 4.98 Å². The zero-order valence-electron chi connectivity index (χ0n) is 18.4. The van der Waals surface area contributed by atoms with Gasteiger partial charge < -0.3 is 14.7 Å². The number of Topliss-reactive ketones (excluding diaryl/α,β-unsaturated/α-hetero) is 1. The number of morpholine rings is 1. The molecule has 0 radical (unpaired) electrons. The van der Waals surface area contributed by atoms with Gasteiger partial charge in [0.1, 0.15) is 0 Å². The summed E-state index contributed by atoms with van der Waals surface area (Å²) in [5.74, 6) is -1.58. The summed E-state index contributed by atoms with van der Waals surface area (Å²) in [6.07, 6.45) is 0.664. The number of nitrogens with zero attached hydrogens (tertiary/aromatic N) is 3. The van der Waals surface area contributed by atoms with Crippen molar-refractivity contribution < 1.29 is 19.4 Å². The number of aliphatic hydroxyl groups is 1. The lowest BCUT2D eigenvalue weighted by Gasteiger charge is -2.30. The number of hydrogen-bond acceptors (Lipinski definition) is 7. The van der Waals surface area contributed by atoms with E-state index in [2.05, 4.69) is 9.88 Å². The largest absolute Gasteiger partial charge is 0.503 e. The van der Waals surface area contributed by atoms with Crippen molar-refractivity contribution >= 4 is 46.2 Å². The molecule has 176 valence electrons. The minimum Gasteiger partial charge on any atom is -0.503 e. The number of amides is 1.